The van der Waals surface area contributed by atoms with Crippen molar-refractivity contribution in [3.05, 3.63) is 52.9 Å². The van der Waals surface area contributed by atoms with E-state index in [0.717, 1.165) is 12.1 Å². The molecule has 1 saturated heterocycles. The van der Waals surface area contributed by atoms with Crippen molar-refractivity contribution in [3.8, 4) is 5.75 Å². The Kier molecular flexibility index (Phi) is 5.78. The molecule has 1 unspecified atom stereocenters. The number of ether oxygens (including phenoxy) is 1. The van der Waals surface area contributed by atoms with Crippen LogP contribution in [0.2, 0.25) is 0 Å². The number of nitrogens with zero attached hydrogens (tertiary/aromatic N) is 3. The molecule has 0 aliphatic carbocycles. The maximum atomic E-state index is 14.1. The van der Waals surface area contributed by atoms with Crippen LogP contribution in [0.25, 0.3) is 0 Å². The van der Waals surface area contributed by atoms with Crippen LogP contribution in [0.5, 0.6) is 5.75 Å². The SMILES string of the molecule is Cc1cc(C(=O)NCC2COCCN2C(=O)c2ccc(F)c(O)c2F)cnn1. The van der Waals surface area contributed by atoms with Crippen LogP contribution in [0.15, 0.2) is 24.4 Å². The molecule has 28 heavy (non-hydrogen) atoms. The van der Waals surface area contributed by atoms with Gasteiger partial charge < -0.3 is 20.1 Å². The van der Waals surface area contributed by atoms with Crippen LogP contribution < -0.4 is 5.32 Å². The summed E-state index contributed by atoms with van der Waals surface area (Å²) < 4.78 is 32.7. The van der Waals surface area contributed by atoms with Crippen molar-refractivity contribution in [1.82, 2.24) is 20.4 Å². The Labute approximate surface area is 159 Å². The Morgan fingerprint density at radius 3 is 2.93 bits per heavy atom. The molecule has 0 bridgehead atoms. The molecule has 1 aromatic carbocycles. The predicted octanol–water partition coefficient (Wildman–Crippen LogP) is 1.04. The van der Waals surface area contributed by atoms with E-state index in [0.29, 0.717) is 11.3 Å². The molecule has 10 heteroatoms. The number of benzene rings is 1. The highest BCUT2D eigenvalue weighted by Gasteiger charge is 2.31. The standard InChI is InChI=1S/C18H18F2N4O4/c1-10-6-11(7-22-23-10)17(26)21-8-12-9-28-5-4-24(12)18(27)13-2-3-14(19)16(25)15(13)20/h2-3,6-7,12,25H,4-5,8-9H2,1H3,(H,21,26). The Bertz CT molecular complexity index is 909. The zero-order chi connectivity index (χ0) is 20.3. The number of halogens is 2. The molecule has 1 aliphatic heterocycles. The largest absolute Gasteiger partial charge is 0.503 e. The number of carbonyl (C=O) groups is 2. The van der Waals surface area contributed by atoms with Crippen molar-refractivity contribution in [2.24, 2.45) is 0 Å². The van der Waals surface area contributed by atoms with Crippen molar-refractivity contribution in [1.29, 1.82) is 0 Å². The van der Waals surface area contributed by atoms with Crippen molar-refractivity contribution in [2.75, 3.05) is 26.3 Å². The van der Waals surface area contributed by atoms with E-state index in [1.165, 1.54) is 11.1 Å². The first-order chi connectivity index (χ1) is 13.4. The van der Waals surface area contributed by atoms with Gasteiger partial charge in [0, 0.05) is 13.1 Å². The summed E-state index contributed by atoms with van der Waals surface area (Å²) in [6, 6.07) is 2.80. The minimum absolute atomic E-state index is 0.0563. The third-order valence-corrected chi connectivity index (χ3v) is 4.32. The van der Waals surface area contributed by atoms with E-state index >= 15 is 0 Å². The summed E-state index contributed by atoms with van der Waals surface area (Å²) in [5.74, 6) is -4.80. The predicted molar refractivity (Wildman–Crippen MR) is 92.8 cm³/mol. The number of phenols is 1. The van der Waals surface area contributed by atoms with Gasteiger partial charge in [-0.15, -0.1) is 0 Å². The Hall–Kier alpha value is -3.14. The molecule has 3 rings (SSSR count). The van der Waals surface area contributed by atoms with Gasteiger partial charge in [-0.1, -0.05) is 0 Å². The third-order valence-electron chi connectivity index (χ3n) is 4.32. The number of aromatic nitrogens is 2. The second-order valence-electron chi connectivity index (χ2n) is 6.28. The quantitative estimate of drug-likeness (QED) is 0.806. The van der Waals surface area contributed by atoms with Crippen molar-refractivity contribution in [2.45, 2.75) is 13.0 Å². The normalized spacial score (nSPS) is 16.7. The third kappa shape index (κ3) is 4.06. The van der Waals surface area contributed by atoms with Gasteiger partial charge in [0.2, 0.25) is 0 Å². The van der Waals surface area contributed by atoms with Crippen LogP contribution in [0.1, 0.15) is 26.4 Å². The first kappa shape index (κ1) is 19.6. The smallest absolute Gasteiger partial charge is 0.257 e. The molecular formula is C18H18F2N4O4. The lowest BCUT2D eigenvalue weighted by Crippen LogP contribution is -2.53. The molecule has 1 atom stereocenters. The number of aryl methyl sites for hydroxylation is 1. The van der Waals surface area contributed by atoms with E-state index in [-0.39, 0.29) is 26.3 Å². The first-order valence-electron chi connectivity index (χ1n) is 8.51. The fraction of sp³-hybridized carbons (Fsp3) is 0.333. The van der Waals surface area contributed by atoms with Crippen molar-refractivity contribution < 1.29 is 28.2 Å². The van der Waals surface area contributed by atoms with E-state index in [1.54, 1.807) is 13.0 Å². The number of hydrogen-bond donors (Lipinski definition) is 2. The molecular weight excluding hydrogens is 374 g/mol. The summed E-state index contributed by atoms with van der Waals surface area (Å²) in [7, 11) is 0. The minimum atomic E-state index is -1.32. The van der Waals surface area contributed by atoms with Gasteiger partial charge >= 0.3 is 0 Å². The number of rotatable bonds is 4. The van der Waals surface area contributed by atoms with Gasteiger partial charge in [-0.25, -0.2) is 8.78 Å². The Morgan fingerprint density at radius 2 is 2.18 bits per heavy atom. The van der Waals surface area contributed by atoms with Crippen molar-refractivity contribution in [3.63, 3.8) is 0 Å². The fourth-order valence-electron chi connectivity index (χ4n) is 2.86. The zero-order valence-electron chi connectivity index (χ0n) is 15.0. The second kappa shape index (κ2) is 8.26. The van der Waals surface area contributed by atoms with Gasteiger partial charge in [0.1, 0.15) is 0 Å². The monoisotopic (exact) mass is 392 g/mol. The maximum Gasteiger partial charge on any atom is 0.257 e. The molecule has 148 valence electrons. The Morgan fingerprint density at radius 1 is 1.39 bits per heavy atom. The number of hydrogen-bond acceptors (Lipinski definition) is 6. The van der Waals surface area contributed by atoms with E-state index in [1.807, 2.05) is 0 Å². The molecule has 8 nitrogen and oxygen atoms in total. The molecule has 1 fully saturated rings. The maximum absolute atomic E-state index is 14.1. The van der Waals surface area contributed by atoms with E-state index in [4.69, 9.17) is 4.74 Å². The average molecular weight is 392 g/mol. The first-order valence-corrected chi connectivity index (χ1v) is 8.51. The van der Waals surface area contributed by atoms with Gasteiger partial charge in [-0.3, -0.25) is 9.59 Å². The second-order valence-corrected chi connectivity index (χ2v) is 6.28. The Balaban J connectivity index is 1.73. The number of phenolic OH excluding ortho intramolecular Hbond substituents is 1. The van der Waals surface area contributed by atoms with Crippen LogP contribution in [-0.4, -0.2) is 64.4 Å². The summed E-state index contributed by atoms with van der Waals surface area (Å²) in [4.78, 5) is 26.3. The fourth-order valence-corrected chi connectivity index (χ4v) is 2.86. The highest BCUT2D eigenvalue weighted by molar-refractivity contribution is 5.96. The molecule has 1 aliphatic rings. The molecule has 0 radical (unpaired) electrons. The highest BCUT2D eigenvalue weighted by Crippen LogP contribution is 2.25. The van der Waals surface area contributed by atoms with Gasteiger partial charge in [-0.2, -0.15) is 10.2 Å². The summed E-state index contributed by atoms with van der Waals surface area (Å²) in [6.45, 7) is 2.28. The number of aromatic hydroxyl groups is 1. The molecule has 1 aromatic heterocycles. The molecule has 0 saturated carbocycles. The van der Waals surface area contributed by atoms with Gasteiger partial charge in [0.15, 0.2) is 17.4 Å². The van der Waals surface area contributed by atoms with Crippen LogP contribution in [0.3, 0.4) is 0 Å². The lowest BCUT2D eigenvalue weighted by atomic mass is 10.1. The molecule has 2 amide bonds. The lowest BCUT2D eigenvalue weighted by Gasteiger charge is -2.35. The number of morpholine rings is 1. The van der Waals surface area contributed by atoms with Crippen molar-refractivity contribution >= 4 is 11.8 Å². The molecule has 2 N–H and O–H groups in total. The zero-order valence-corrected chi connectivity index (χ0v) is 15.0. The molecule has 2 aromatic rings. The highest BCUT2D eigenvalue weighted by atomic mass is 19.1. The van der Waals surface area contributed by atoms with E-state index in [9.17, 15) is 23.5 Å². The molecule has 0 spiro atoms. The minimum Gasteiger partial charge on any atom is -0.503 e. The number of nitrogens with one attached hydrogen (secondary N) is 1. The summed E-state index contributed by atoms with van der Waals surface area (Å²) in [6.07, 6.45) is 1.32. The van der Waals surface area contributed by atoms with Crippen LogP contribution in [0.4, 0.5) is 8.78 Å². The van der Waals surface area contributed by atoms with Crippen LogP contribution in [0, 0.1) is 18.6 Å². The topological polar surface area (TPSA) is 105 Å². The van der Waals surface area contributed by atoms with Gasteiger partial charge in [-0.05, 0) is 25.1 Å². The molecule has 2 heterocycles. The number of amides is 2. The van der Waals surface area contributed by atoms with Crippen LogP contribution >= 0.6 is 0 Å². The average Bonchev–Trinajstić information content (AvgIpc) is 2.70. The van der Waals surface area contributed by atoms with Gasteiger partial charge in [0.25, 0.3) is 11.8 Å². The lowest BCUT2D eigenvalue weighted by molar-refractivity contribution is -0.00157. The van der Waals surface area contributed by atoms with Crippen LogP contribution in [-0.2, 0) is 4.74 Å². The number of carbonyl (C=O) groups excluding carboxylic acids is 2. The summed E-state index contributed by atoms with van der Waals surface area (Å²) in [5.41, 5.74) is 0.444. The van der Waals surface area contributed by atoms with E-state index in [2.05, 4.69) is 15.5 Å². The summed E-state index contributed by atoms with van der Waals surface area (Å²) in [5, 5.41) is 19.6. The van der Waals surface area contributed by atoms with E-state index < -0.39 is 40.8 Å². The summed E-state index contributed by atoms with van der Waals surface area (Å²) >= 11 is 0. The van der Waals surface area contributed by atoms with Gasteiger partial charge in [0.05, 0.1) is 42.3 Å².